The second kappa shape index (κ2) is 5.05. The Morgan fingerprint density at radius 3 is 2.67 bits per heavy atom. The first-order valence-electron chi connectivity index (χ1n) is 5.22. The Balaban J connectivity index is 2.02. The van der Waals surface area contributed by atoms with E-state index in [0.29, 0.717) is 11.4 Å². The molecule has 1 aromatic rings. The number of nitrogens with zero attached hydrogens (tertiary/aromatic N) is 1. The van der Waals surface area contributed by atoms with Crippen LogP contribution in [0.5, 0.6) is 5.75 Å². The zero-order valence-electron chi connectivity index (χ0n) is 9.70. The van der Waals surface area contributed by atoms with Gasteiger partial charge in [0.05, 0.1) is 11.1 Å². The molecule has 6 heteroatoms. The first-order valence-corrected chi connectivity index (χ1v) is 6.76. The van der Waals surface area contributed by atoms with Crippen LogP contribution in [0.4, 0.5) is 0 Å². The van der Waals surface area contributed by atoms with Gasteiger partial charge in [0.15, 0.2) is 6.40 Å². The van der Waals surface area contributed by atoms with Crippen LogP contribution < -0.4 is 9.46 Å². The maximum Gasteiger partial charge on any atom is 0.256 e. The molecule has 18 heavy (non-hydrogen) atoms. The molecule has 0 unspecified atom stereocenters. The Kier molecular flexibility index (Phi) is 3.47. The summed E-state index contributed by atoms with van der Waals surface area (Å²) in [7, 11) is -3.40. The summed E-state index contributed by atoms with van der Waals surface area (Å²) in [5.74, 6) is 0.644. The minimum atomic E-state index is -3.40. The van der Waals surface area contributed by atoms with Crippen LogP contribution in [-0.4, -0.2) is 14.8 Å². The molecule has 0 fully saturated rings. The Morgan fingerprint density at radius 1 is 1.28 bits per heavy atom. The van der Waals surface area contributed by atoms with E-state index in [4.69, 9.17) is 4.74 Å². The summed E-state index contributed by atoms with van der Waals surface area (Å²) in [5, 5.41) is 1.03. The first-order chi connectivity index (χ1) is 8.55. The third-order valence-electron chi connectivity index (χ3n) is 2.17. The van der Waals surface area contributed by atoms with Gasteiger partial charge in [-0.3, -0.25) is 4.72 Å². The Labute approximate surface area is 106 Å². The largest absolute Gasteiger partial charge is 0.446 e. The lowest BCUT2D eigenvalue weighted by Crippen LogP contribution is -2.17. The monoisotopic (exact) mass is 264 g/mol. The molecular weight excluding hydrogens is 252 g/mol. The van der Waals surface area contributed by atoms with Gasteiger partial charge in [-0.15, -0.1) is 0 Å². The maximum absolute atomic E-state index is 11.2. The molecule has 0 atom stereocenters. The van der Waals surface area contributed by atoms with Gasteiger partial charge in [0, 0.05) is 6.20 Å². The minimum absolute atomic E-state index is 0.306. The quantitative estimate of drug-likeness (QED) is 0.667. The lowest BCUT2D eigenvalue weighted by molar-refractivity contribution is 0.573. The molecule has 94 valence electrons. The molecule has 0 spiro atoms. The van der Waals surface area contributed by atoms with Gasteiger partial charge < -0.3 is 4.74 Å². The molecule has 0 amide bonds. The van der Waals surface area contributed by atoms with Crippen molar-refractivity contribution in [1.82, 2.24) is 4.72 Å². The molecule has 2 rings (SSSR count). The van der Waals surface area contributed by atoms with Crippen molar-refractivity contribution in [3.63, 3.8) is 0 Å². The van der Waals surface area contributed by atoms with Gasteiger partial charge in [0.25, 0.3) is 10.0 Å². The molecular formula is C12H12N2O3S. The predicted octanol–water partition coefficient (Wildman–Crippen LogP) is 1.69. The highest BCUT2D eigenvalue weighted by Crippen LogP contribution is 2.11. The molecule has 1 aromatic carbocycles. The summed E-state index contributed by atoms with van der Waals surface area (Å²) in [4.78, 5) is 3.90. The maximum atomic E-state index is 11.2. The number of rotatable bonds is 3. The number of sulfonamides is 1. The van der Waals surface area contributed by atoms with E-state index in [1.807, 2.05) is 31.2 Å². The number of aryl methyl sites for hydroxylation is 1. The fraction of sp³-hybridized carbons (Fsp3) is 0.0833. The van der Waals surface area contributed by atoms with Gasteiger partial charge in [-0.2, -0.15) is 0 Å². The molecule has 0 bridgehead atoms. The third-order valence-corrected chi connectivity index (χ3v) is 3.19. The van der Waals surface area contributed by atoms with Crippen LogP contribution in [0.15, 0.2) is 52.6 Å². The van der Waals surface area contributed by atoms with Gasteiger partial charge in [0.2, 0.25) is 0 Å². The molecule has 0 saturated heterocycles. The zero-order valence-corrected chi connectivity index (χ0v) is 10.5. The number of nitrogens with one attached hydrogen (secondary N) is 1. The van der Waals surface area contributed by atoms with Crippen molar-refractivity contribution in [1.29, 1.82) is 0 Å². The summed E-state index contributed by atoms with van der Waals surface area (Å²) in [6.45, 7) is 1.98. The fourth-order valence-electron chi connectivity index (χ4n) is 1.28. The summed E-state index contributed by atoms with van der Waals surface area (Å²) < 4.78 is 29.8. The van der Waals surface area contributed by atoms with Crippen molar-refractivity contribution in [3.8, 4) is 5.75 Å². The number of hydrogen-bond donors (Lipinski definition) is 1. The summed E-state index contributed by atoms with van der Waals surface area (Å²) >= 11 is 0. The van der Waals surface area contributed by atoms with Crippen LogP contribution in [0.2, 0.25) is 0 Å². The van der Waals surface area contributed by atoms with Crippen molar-refractivity contribution in [2.75, 3.05) is 0 Å². The molecule has 1 N–H and O–H groups in total. The second-order valence-electron chi connectivity index (χ2n) is 3.70. The Bertz CT molecular complexity index is 613. The van der Waals surface area contributed by atoms with Gasteiger partial charge in [-0.1, -0.05) is 17.7 Å². The van der Waals surface area contributed by atoms with Crippen molar-refractivity contribution < 1.29 is 13.2 Å². The summed E-state index contributed by atoms with van der Waals surface area (Å²) in [6, 6.07) is 7.45. The van der Waals surface area contributed by atoms with Crippen molar-refractivity contribution in [2.24, 2.45) is 4.99 Å². The van der Waals surface area contributed by atoms with Crippen LogP contribution in [0.3, 0.4) is 0 Å². The van der Waals surface area contributed by atoms with E-state index in [-0.39, 0.29) is 0 Å². The Morgan fingerprint density at radius 2 is 2.00 bits per heavy atom. The van der Waals surface area contributed by atoms with Crippen molar-refractivity contribution in [2.45, 2.75) is 6.92 Å². The van der Waals surface area contributed by atoms with Crippen LogP contribution in [0.1, 0.15) is 5.56 Å². The van der Waals surface area contributed by atoms with Crippen LogP contribution in [-0.2, 0) is 10.0 Å². The smallest absolute Gasteiger partial charge is 0.256 e. The number of ether oxygens (including phenoxy) is 1. The highest BCUT2D eigenvalue weighted by atomic mass is 32.2. The van der Waals surface area contributed by atoms with Crippen LogP contribution >= 0.6 is 0 Å². The third kappa shape index (κ3) is 3.46. The first kappa shape index (κ1) is 12.4. The van der Waals surface area contributed by atoms with Crippen LogP contribution in [0.25, 0.3) is 0 Å². The van der Waals surface area contributed by atoms with E-state index < -0.39 is 10.0 Å². The van der Waals surface area contributed by atoms with E-state index >= 15 is 0 Å². The molecule has 1 aliphatic rings. The van der Waals surface area contributed by atoms with Gasteiger partial charge in [-0.05, 0) is 25.1 Å². The van der Waals surface area contributed by atoms with E-state index in [1.54, 1.807) is 0 Å². The van der Waals surface area contributed by atoms with Crippen LogP contribution in [0, 0.1) is 6.92 Å². The van der Waals surface area contributed by atoms with E-state index in [2.05, 4.69) is 9.71 Å². The fourth-order valence-corrected chi connectivity index (χ4v) is 2.07. The number of allylic oxidation sites excluding steroid dienone is 1. The van der Waals surface area contributed by atoms with E-state index in [1.165, 1.54) is 18.7 Å². The molecule has 5 nitrogen and oxygen atoms in total. The molecule has 1 heterocycles. The number of hydrogen-bond acceptors (Lipinski definition) is 4. The highest BCUT2D eigenvalue weighted by molar-refractivity contribution is 7.92. The average molecular weight is 264 g/mol. The van der Waals surface area contributed by atoms with Crippen molar-refractivity contribution in [3.05, 3.63) is 53.2 Å². The summed E-state index contributed by atoms with van der Waals surface area (Å²) in [6.07, 6.45) is 4.06. The number of aliphatic imine (C=N–C) groups is 1. The lowest BCUT2D eigenvalue weighted by atomic mass is 10.2. The zero-order chi connectivity index (χ0) is 13.0. The molecule has 0 aromatic heterocycles. The predicted molar refractivity (Wildman–Crippen MR) is 69.6 cm³/mol. The van der Waals surface area contributed by atoms with Gasteiger partial charge in [0.1, 0.15) is 5.75 Å². The van der Waals surface area contributed by atoms with Crippen molar-refractivity contribution >= 4 is 16.4 Å². The topological polar surface area (TPSA) is 67.8 Å². The second-order valence-corrected chi connectivity index (χ2v) is 5.27. The highest BCUT2D eigenvalue weighted by Gasteiger charge is 2.08. The summed E-state index contributed by atoms with van der Waals surface area (Å²) in [5.41, 5.74) is 1.44. The standard InChI is InChI=1S/C12H12N2O3S/c1-10-2-4-12(5-3-10)17-9-13-11-6-7-14-18(15,16)8-11/h2-9,14H,1H3. The van der Waals surface area contributed by atoms with Gasteiger partial charge in [-0.25, -0.2) is 13.4 Å². The average Bonchev–Trinajstić information content (AvgIpc) is 2.30. The Hall–Kier alpha value is -2.08. The SMILES string of the molecule is Cc1ccc(OC=NC2=CS(=O)(=O)NC=C2)cc1. The van der Waals surface area contributed by atoms with Gasteiger partial charge >= 0.3 is 0 Å². The molecule has 0 aliphatic carbocycles. The normalized spacial score (nSPS) is 17.3. The molecule has 0 radical (unpaired) electrons. The van der Waals surface area contributed by atoms with E-state index in [9.17, 15) is 8.42 Å². The molecule has 0 saturated carbocycles. The van der Waals surface area contributed by atoms with E-state index in [0.717, 1.165) is 11.0 Å². The number of benzene rings is 1. The lowest BCUT2D eigenvalue weighted by Gasteiger charge is -2.04. The molecule has 1 aliphatic heterocycles. The minimum Gasteiger partial charge on any atom is -0.446 e.